The number of aromatic nitrogens is 2. The van der Waals surface area contributed by atoms with Gasteiger partial charge in [0.05, 0.1) is 24.9 Å². The number of benzene rings is 1. The first-order valence-electron chi connectivity index (χ1n) is 7.95. The number of hydrogen-bond donors (Lipinski definition) is 0. The maximum atomic E-state index is 13.1. The zero-order valence-electron chi connectivity index (χ0n) is 13.7. The van der Waals surface area contributed by atoms with Crippen LogP contribution < -0.4 is 0 Å². The largest absolute Gasteiger partial charge is 0.377 e. The van der Waals surface area contributed by atoms with Gasteiger partial charge in [0.2, 0.25) is 6.43 Å². The number of nitrogens with zero attached hydrogens (tertiary/aromatic N) is 3. The summed E-state index contributed by atoms with van der Waals surface area (Å²) < 4.78 is 45.3. The molecule has 1 aliphatic heterocycles. The van der Waals surface area contributed by atoms with Crippen molar-refractivity contribution in [2.75, 3.05) is 19.8 Å². The molecule has 25 heavy (non-hydrogen) atoms. The highest BCUT2D eigenvalue weighted by molar-refractivity contribution is 5.92. The zero-order valence-corrected chi connectivity index (χ0v) is 13.7. The molecule has 1 aliphatic rings. The van der Waals surface area contributed by atoms with E-state index in [4.69, 9.17) is 4.74 Å². The molecule has 0 spiro atoms. The van der Waals surface area contributed by atoms with Gasteiger partial charge in [-0.2, -0.15) is 5.10 Å². The van der Waals surface area contributed by atoms with Crippen LogP contribution in [0.1, 0.15) is 22.6 Å². The third kappa shape index (κ3) is 3.84. The van der Waals surface area contributed by atoms with E-state index in [1.54, 1.807) is 25.1 Å². The minimum Gasteiger partial charge on any atom is -0.377 e. The monoisotopic (exact) mass is 353 g/mol. The highest BCUT2D eigenvalue weighted by Crippen LogP contribution is 2.19. The van der Waals surface area contributed by atoms with E-state index in [1.165, 1.54) is 21.7 Å². The van der Waals surface area contributed by atoms with Crippen LogP contribution in [-0.2, 0) is 4.74 Å². The number of amides is 1. The Balaban J connectivity index is 1.84. The van der Waals surface area contributed by atoms with Gasteiger partial charge >= 0.3 is 0 Å². The number of hydrogen-bond acceptors (Lipinski definition) is 3. The first-order chi connectivity index (χ1) is 12.0. The van der Waals surface area contributed by atoms with Crippen molar-refractivity contribution in [3.05, 3.63) is 47.5 Å². The molecule has 0 N–H and O–H groups in total. The van der Waals surface area contributed by atoms with Crippen molar-refractivity contribution in [1.29, 1.82) is 0 Å². The number of halogens is 3. The minimum atomic E-state index is -2.51. The number of morpholine rings is 1. The molecule has 8 heteroatoms. The second-order valence-corrected chi connectivity index (χ2v) is 5.91. The molecule has 1 fully saturated rings. The molecule has 2 heterocycles. The van der Waals surface area contributed by atoms with Crippen LogP contribution in [0.15, 0.2) is 30.3 Å². The second kappa shape index (κ2) is 7.26. The smallest absolute Gasteiger partial charge is 0.274 e. The highest BCUT2D eigenvalue weighted by Gasteiger charge is 2.31. The fourth-order valence-electron chi connectivity index (χ4n) is 2.89. The fraction of sp³-hybridized carbons (Fsp3) is 0.412. The van der Waals surface area contributed by atoms with Crippen molar-refractivity contribution < 1.29 is 22.7 Å². The molecule has 1 aromatic carbocycles. The van der Waals surface area contributed by atoms with Gasteiger partial charge in [-0.15, -0.1) is 0 Å². The van der Waals surface area contributed by atoms with Crippen LogP contribution in [0.3, 0.4) is 0 Å². The van der Waals surface area contributed by atoms with E-state index in [1.807, 2.05) is 0 Å². The van der Waals surface area contributed by atoms with E-state index in [9.17, 15) is 18.0 Å². The van der Waals surface area contributed by atoms with Gasteiger partial charge in [-0.3, -0.25) is 4.79 Å². The maximum absolute atomic E-state index is 13.1. The van der Waals surface area contributed by atoms with Gasteiger partial charge in [-0.25, -0.2) is 17.9 Å². The summed E-state index contributed by atoms with van der Waals surface area (Å²) in [6.45, 7) is 2.42. The predicted molar refractivity (Wildman–Crippen MR) is 84.5 cm³/mol. The van der Waals surface area contributed by atoms with Gasteiger partial charge in [-0.05, 0) is 37.3 Å². The van der Waals surface area contributed by atoms with E-state index in [2.05, 4.69) is 5.10 Å². The third-order valence-corrected chi connectivity index (χ3v) is 4.12. The molecule has 0 aliphatic carbocycles. The Morgan fingerprint density at radius 3 is 2.76 bits per heavy atom. The van der Waals surface area contributed by atoms with Crippen molar-refractivity contribution >= 4 is 5.91 Å². The number of carbonyl (C=O) groups excluding carboxylic acids is 1. The van der Waals surface area contributed by atoms with E-state index in [0.29, 0.717) is 18.0 Å². The van der Waals surface area contributed by atoms with Crippen LogP contribution in [0.5, 0.6) is 0 Å². The van der Waals surface area contributed by atoms with E-state index in [0.717, 1.165) is 0 Å². The Kier molecular flexibility index (Phi) is 5.08. The quantitative estimate of drug-likeness (QED) is 0.849. The Labute approximate surface area is 143 Å². The van der Waals surface area contributed by atoms with Crippen LogP contribution in [-0.4, -0.2) is 52.8 Å². The number of aryl methyl sites for hydroxylation is 1. The molecular weight excluding hydrogens is 335 g/mol. The second-order valence-electron chi connectivity index (χ2n) is 5.91. The Morgan fingerprint density at radius 2 is 2.08 bits per heavy atom. The molecule has 134 valence electrons. The molecule has 0 radical (unpaired) electrons. The predicted octanol–water partition coefficient (Wildman–Crippen LogP) is 2.82. The number of ether oxygens (including phenoxy) is 1. The molecule has 5 nitrogen and oxygen atoms in total. The van der Waals surface area contributed by atoms with Crippen LogP contribution in [0.2, 0.25) is 0 Å². The topological polar surface area (TPSA) is 47.4 Å². The maximum Gasteiger partial charge on any atom is 0.274 e. The molecule has 0 bridgehead atoms. The van der Waals surface area contributed by atoms with E-state index < -0.39 is 24.8 Å². The summed E-state index contributed by atoms with van der Waals surface area (Å²) in [7, 11) is 0. The average molecular weight is 353 g/mol. The van der Waals surface area contributed by atoms with Crippen molar-refractivity contribution in [2.24, 2.45) is 0 Å². The van der Waals surface area contributed by atoms with Gasteiger partial charge in [0, 0.05) is 18.7 Å². The summed E-state index contributed by atoms with van der Waals surface area (Å²) in [6.07, 6.45) is -2.94. The number of carbonyl (C=O) groups is 1. The Morgan fingerprint density at radius 1 is 1.36 bits per heavy atom. The Bertz CT molecular complexity index is 746. The van der Waals surface area contributed by atoms with Crippen molar-refractivity contribution in [3.63, 3.8) is 0 Å². The standard InChI is InChI=1S/C17H18F3N3O2/c1-11-8-15(21-23(11)13-4-2-12(18)3-5-13)17(24)22-6-7-25-10-14(22)9-16(19)20/h2-5,8,14,16H,6-7,9-10H2,1H3. The third-order valence-electron chi connectivity index (χ3n) is 4.12. The molecule has 1 amide bonds. The van der Waals surface area contributed by atoms with Crippen LogP contribution in [0, 0.1) is 12.7 Å². The molecule has 1 aromatic heterocycles. The molecule has 2 aromatic rings. The summed E-state index contributed by atoms with van der Waals surface area (Å²) in [5.41, 5.74) is 1.47. The number of rotatable bonds is 4. The fourth-order valence-corrected chi connectivity index (χ4v) is 2.89. The SMILES string of the molecule is Cc1cc(C(=O)N2CCOCC2CC(F)F)nn1-c1ccc(F)cc1. The van der Waals surface area contributed by atoms with Gasteiger partial charge < -0.3 is 9.64 Å². The summed E-state index contributed by atoms with van der Waals surface area (Å²) in [4.78, 5) is 14.1. The summed E-state index contributed by atoms with van der Waals surface area (Å²) in [5.74, 6) is -0.772. The van der Waals surface area contributed by atoms with Crippen molar-refractivity contribution in [3.8, 4) is 5.69 Å². The molecule has 1 unspecified atom stereocenters. The zero-order chi connectivity index (χ0) is 18.0. The normalized spacial score (nSPS) is 18.0. The van der Waals surface area contributed by atoms with Crippen LogP contribution in [0.4, 0.5) is 13.2 Å². The average Bonchev–Trinajstić information content (AvgIpc) is 2.97. The highest BCUT2D eigenvalue weighted by atomic mass is 19.3. The molecular formula is C17H18F3N3O2. The lowest BCUT2D eigenvalue weighted by atomic mass is 10.1. The van der Waals surface area contributed by atoms with Gasteiger partial charge in [0.25, 0.3) is 5.91 Å². The molecule has 0 saturated carbocycles. The summed E-state index contributed by atoms with van der Waals surface area (Å²) in [6, 6.07) is 6.64. The van der Waals surface area contributed by atoms with Crippen LogP contribution in [0.25, 0.3) is 5.69 Å². The van der Waals surface area contributed by atoms with Crippen molar-refractivity contribution in [1.82, 2.24) is 14.7 Å². The first kappa shape index (κ1) is 17.5. The summed E-state index contributed by atoms with van der Waals surface area (Å²) in [5, 5.41) is 4.27. The van der Waals surface area contributed by atoms with Gasteiger partial charge in [-0.1, -0.05) is 0 Å². The molecule has 3 rings (SSSR count). The van der Waals surface area contributed by atoms with Crippen LogP contribution >= 0.6 is 0 Å². The Hall–Kier alpha value is -2.35. The van der Waals surface area contributed by atoms with E-state index in [-0.39, 0.29) is 24.7 Å². The first-order valence-corrected chi connectivity index (χ1v) is 7.95. The lowest BCUT2D eigenvalue weighted by molar-refractivity contribution is -0.0218. The van der Waals surface area contributed by atoms with Gasteiger partial charge in [0.15, 0.2) is 5.69 Å². The molecule has 1 atom stereocenters. The van der Waals surface area contributed by atoms with Crippen molar-refractivity contribution in [2.45, 2.75) is 25.8 Å². The van der Waals surface area contributed by atoms with E-state index >= 15 is 0 Å². The lowest BCUT2D eigenvalue weighted by Crippen LogP contribution is -2.49. The summed E-state index contributed by atoms with van der Waals surface area (Å²) >= 11 is 0. The van der Waals surface area contributed by atoms with Gasteiger partial charge in [0.1, 0.15) is 5.82 Å². The number of alkyl halides is 2. The lowest BCUT2D eigenvalue weighted by Gasteiger charge is -2.35. The molecule has 1 saturated heterocycles. The minimum absolute atomic E-state index is 0.0910.